The molecule has 1 amide bonds. The van der Waals surface area contributed by atoms with Crippen LogP contribution in [0.25, 0.3) is 0 Å². The Morgan fingerprint density at radius 2 is 2.15 bits per heavy atom. The molecule has 2 N–H and O–H groups in total. The van der Waals surface area contributed by atoms with E-state index in [4.69, 9.17) is 9.84 Å². The summed E-state index contributed by atoms with van der Waals surface area (Å²) in [5.41, 5.74) is 2.88. The standard InChI is InChI=1S/C14H23N3O3/c1-10-13(11(2)16-15-10)9-14(19)17-5-3-12(4-6-17)20-8-7-18/h12,18H,3-9H2,1-2H3,(H,15,16). The van der Waals surface area contributed by atoms with Gasteiger partial charge in [-0.2, -0.15) is 5.10 Å². The normalized spacial score (nSPS) is 16.6. The Kier molecular flexibility index (Phi) is 5.14. The Hall–Kier alpha value is -1.40. The van der Waals surface area contributed by atoms with E-state index in [9.17, 15) is 4.79 Å². The lowest BCUT2D eigenvalue weighted by molar-refractivity contribution is -0.133. The van der Waals surface area contributed by atoms with E-state index in [-0.39, 0.29) is 18.6 Å². The first-order valence-electron chi connectivity index (χ1n) is 7.12. The summed E-state index contributed by atoms with van der Waals surface area (Å²) in [7, 11) is 0. The molecule has 0 aliphatic carbocycles. The van der Waals surface area contributed by atoms with E-state index in [1.54, 1.807) is 0 Å². The van der Waals surface area contributed by atoms with Crippen LogP contribution in [0.2, 0.25) is 0 Å². The minimum absolute atomic E-state index is 0.0538. The Bertz CT molecular complexity index is 431. The van der Waals surface area contributed by atoms with Crippen molar-refractivity contribution in [3.63, 3.8) is 0 Å². The van der Waals surface area contributed by atoms with Gasteiger partial charge in [0.25, 0.3) is 0 Å². The number of aromatic nitrogens is 2. The molecule has 6 nitrogen and oxygen atoms in total. The zero-order valence-corrected chi connectivity index (χ0v) is 12.2. The number of nitrogens with zero attached hydrogens (tertiary/aromatic N) is 2. The van der Waals surface area contributed by atoms with Crippen LogP contribution >= 0.6 is 0 Å². The topological polar surface area (TPSA) is 78.5 Å². The number of hydrogen-bond acceptors (Lipinski definition) is 4. The van der Waals surface area contributed by atoms with Crippen LogP contribution in [0.5, 0.6) is 0 Å². The molecule has 0 bridgehead atoms. The van der Waals surface area contributed by atoms with Gasteiger partial charge in [-0.25, -0.2) is 0 Å². The molecule has 1 aliphatic rings. The maximum absolute atomic E-state index is 12.3. The van der Waals surface area contributed by atoms with Crippen molar-refractivity contribution in [2.24, 2.45) is 0 Å². The summed E-state index contributed by atoms with van der Waals surface area (Å²) in [4.78, 5) is 14.2. The molecule has 0 spiro atoms. The molecule has 1 aromatic heterocycles. The van der Waals surface area contributed by atoms with Crippen LogP contribution in [0.4, 0.5) is 0 Å². The van der Waals surface area contributed by atoms with Crippen molar-refractivity contribution in [2.45, 2.75) is 39.2 Å². The molecule has 1 aromatic rings. The number of piperidine rings is 1. The number of aliphatic hydroxyl groups is 1. The SMILES string of the molecule is Cc1n[nH]c(C)c1CC(=O)N1CCC(OCCO)CC1. The van der Waals surface area contributed by atoms with Gasteiger partial charge >= 0.3 is 0 Å². The number of aryl methyl sites for hydroxylation is 2. The predicted molar refractivity (Wildman–Crippen MR) is 74.4 cm³/mol. The molecule has 0 atom stereocenters. The quantitative estimate of drug-likeness (QED) is 0.827. The van der Waals surface area contributed by atoms with E-state index in [0.717, 1.165) is 42.9 Å². The summed E-state index contributed by atoms with van der Waals surface area (Å²) in [6.07, 6.45) is 2.27. The van der Waals surface area contributed by atoms with Crippen LogP contribution in [0, 0.1) is 13.8 Å². The number of carbonyl (C=O) groups is 1. The Morgan fingerprint density at radius 3 is 2.70 bits per heavy atom. The highest BCUT2D eigenvalue weighted by molar-refractivity contribution is 5.79. The first-order chi connectivity index (χ1) is 9.61. The summed E-state index contributed by atoms with van der Waals surface area (Å²) in [5.74, 6) is 0.151. The van der Waals surface area contributed by atoms with Crippen molar-refractivity contribution in [1.82, 2.24) is 15.1 Å². The number of rotatable bonds is 5. The first-order valence-corrected chi connectivity index (χ1v) is 7.12. The van der Waals surface area contributed by atoms with Gasteiger partial charge in [-0.15, -0.1) is 0 Å². The minimum atomic E-state index is 0.0538. The van der Waals surface area contributed by atoms with Gasteiger partial charge in [0.15, 0.2) is 0 Å². The van der Waals surface area contributed by atoms with Gasteiger partial charge in [0.05, 0.1) is 31.4 Å². The molecule has 1 saturated heterocycles. The monoisotopic (exact) mass is 281 g/mol. The predicted octanol–water partition coefficient (Wildman–Crippen LogP) is 0.569. The van der Waals surface area contributed by atoms with Crippen LogP contribution < -0.4 is 0 Å². The van der Waals surface area contributed by atoms with Crippen molar-refractivity contribution in [3.05, 3.63) is 17.0 Å². The maximum Gasteiger partial charge on any atom is 0.227 e. The van der Waals surface area contributed by atoms with Crippen LogP contribution in [-0.4, -0.2) is 58.5 Å². The second-order valence-electron chi connectivity index (χ2n) is 5.26. The van der Waals surface area contributed by atoms with Crippen molar-refractivity contribution >= 4 is 5.91 Å². The zero-order valence-electron chi connectivity index (χ0n) is 12.2. The lowest BCUT2D eigenvalue weighted by Crippen LogP contribution is -2.41. The minimum Gasteiger partial charge on any atom is -0.394 e. The Balaban J connectivity index is 1.83. The molecule has 0 saturated carbocycles. The lowest BCUT2D eigenvalue weighted by Gasteiger charge is -2.32. The largest absolute Gasteiger partial charge is 0.394 e. The number of aliphatic hydroxyl groups excluding tert-OH is 1. The molecular weight excluding hydrogens is 258 g/mol. The van der Waals surface area contributed by atoms with E-state index in [1.807, 2.05) is 18.7 Å². The van der Waals surface area contributed by atoms with Crippen molar-refractivity contribution in [2.75, 3.05) is 26.3 Å². The van der Waals surface area contributed by atoms with Gasteiger partial charge in [-0.3, -0.25) is 9.89 Å². The highest BCUT2D eigenvalue weighted by Gasteiger charge is 2.24. The average molecular weight is 281 g/mol. The van der Waals surface area contributed by atoms with E-state index in [0.29, 0.717) is 13.0 Å². The van der Waals surface area contributed by atoms with Gasteiger partial charge in [0.2, 0.25) is 5.91 Å². The van der Waals surface area contributed by atoms with Crippen LogP contribution in [0.1, 0.15) is 29.8 Å². The number of nitrogens with one attached hydrogen (secondary N) is 1. The first kappa shape index (κ1) is 15.0. The summed E-state index contributed by atoms with van der Waals surface area (Å²) in [5, 5.41) is 15.8. The molecule has 2 rings (SSSR count). The van der Waals surface area contributed by atoms with Crippen molar-refractivity contribution in [3.8, 4) is 0 Å². The van der Waals surface area contributed by atoms with Crippen LogP contribution in [0.15, 0.2) is 0 Å². The van der Waals surface area contributed by atoms with Gasteiger partial charge in [-0.1, -0.05) is 0 Å². The smallest absolute Gasteiger partial charge is 0.227 e. The number of likely N-dealkylation sites (tertiary alicyclic amines) is 1. The molecule has 6 heteroatoms. The molecule has 1 fully saturated rings. The van der Waals surface area contributed by atoms with E-state index in [1.165, 1.54) is 0 Å². The zero-order chi connectivity index (χ0) is 14.5. The summed E-state index contributed by atoms with van der Waals surface area (Å²) in [6, 6.07) is 0. The summed E-state index contributed by atoms with van der Waals surface area (Å²) in [6.45, 7) is 5.75. The van der Waals surface area contributed by atoms with Gasteiger partial charge in [0, 0.05) is 24.3 Å². The lowest BCUT2D eigenvalue weighted by atomic mass is 10.1. The molecule has 0 unspecified atom stereocenters. The number of amides is 1. The second-order valence-corrected chi connectivity index (χ2v) is 5.26. The number of hydrogen-bond donors (Lipinski definition) is 2. The molecule has 0 aromatic carbocycles. The van der Waals surface area contributed by atoms with Crippen LogP contribution in [-0.2, 0) is 16.0 Å². The van der Waals surface area contributed by atoms with Gasteiger partial charge < -0.3 is 14.7 Å². The average Bonchev–Trinajstić information content (AvgIpc) is 2.77. The Labute approximate surface area is 119 Å². The van der Waals surface area contributed by atoms with E-state index >= 15 is 0 Å². The highest BCUT2D eigenvalue weighted by atomic mass is 16.5. The third-order valence-corrected chi connectivity index (χ3v) is 3.85. The van der Waals surface area contributed by atoms with Crippen molar-refractivity contribution in [1.29, 1.82) is 0 Å². The number of ether oxygens (including phenoxy) is 1. The molecule has 0 radical (unpaired) electrons. The molecule has 1 aliphatic heterocycles. The summed E-state index contributed by atoms with van der Waals surface area (Å²) < 4.78 is 5.50. The maximum atomic E-state index is 12.3. The fourth-order valence-corrected chi connectivity index (χ4v) is 2.59. The van der Waals surface area contributed by atoms with E-state index in [2.05, 4.69) is 10.2 Å². The molecule has 112 valence electrons. The molecular formula is C14H23N3O3. The highest BCUT2D eigenvalue weighted by Crippen LogP contribution is 2.17. The van der Waals surface area contributed by atoms with Gasteiger partial charge in [-0.05, 0) is 26.7 Å². The number of carbonyl (C=O) groups excluding carboxylic acids is 1. The fraction of sp³-hybridized carbons (Fsp3) is 0.714. The van der Waals surface area contributed by atoms with Gasteiger partial charge in [0.1, 0.15) is 0 Å². The summed E-state index contributed by atoms with van der Waals surface area (Å²) >= 11 is 0. The number of H-pyrrole nitrogens is 1. The fourth-order valence-electron chi connectivity index (χ4n) is 2.59. The number of aromatic amines is 1. The second kappa shape index (κ2) is 6.85. The third-order valence-electron chi connectivity index (χ3n) is 3.85. The van der Waals surface area contributed by atoms with Crippen LogP contribution in [0.3, 0.4) is 0 Å². The Morgan fingerprint density at radius 1 is 1.45 bits per heavy atom. The van der Waals surface area contributed by atoms with E-state index < -0.39 is 0 Å². The third kappa shape index (κ3) is 3.58. The molecule has 20 heavy (non-hydrogen) atoms. The molecule has 2 heterocycles. The van der Waals surface area contributed by atoms with Crippen molar-refractivity contribution < 1.29 is 14.6 Å².